The average Bonchev–Trinajstić information content (AvgIpc) is 3.47. The second-order valence-corrected chi connectivity index (χ2v) is 8.61. The van der Waals surface area contributed by atoms with Gasteiger partial charge in [0.25, 0.3) is 0 Å². The summed E-state index contributed by atoms with van der Waals surface area (Å²) in [6, 6.07) is 14.1. The molecule has 1 fully saturated rings. The van der Waals surface area contributed by atoms with E-state index in [0.29, 0.717) is 11.3 Å². The molecule has 1 unspecified atom stereocenters. The van der Waals surface area contributed by atoms with Gasteiger partial charge in [-0.25, -0.2) is 8.42 Å². The molecule has 6 heteroatoms. The number of hydrogen-bond donors (Lipinski definition) is 1. The van der Waals surface area contributed by atoms with Crippen LogP contribution in [0.25, 0.3) is 0 Å². The summed E-state index contributed by atoms with van der Waals surface area (Å²) in [5.41, 5.74) is 1.54. The molecule has 1 N–H and O–H groups in total. The van der Waals surface area contributed by atoms with Crippen molar-refractivity contribution >= 4 is 10.0 Å². The molecule has 3 rings (SSSR count). The third kappa shape index (κ3) is 3.92. The van der Waals surface area contributed by atoms with E-state index in [2.05, 4.69) is 0 Å². The van der Waals surface area contributed by atoms with Crippen LogP contribution in [0.1, 0.15) is 24.0 Å². The van der Waals surface area contributed by atoms with Crippen molar-refractivity contribution in [2.45, 2.75) is 37.2 Å². The molecule has 0 amide bonds. The quantitative estimate of drug-likeness (QED) is 0.770. The summed E-state index contributed by atoms with van der Waals surface area (Å²) >= 11 is 0. The molecule has 1 aliphatic carbocycles. The van der Waals surface area contributed by atoms with Crippen LogP contribution >= 0.6 is 0 Å². The lowest BCUT2D eigenvalue weighted by molar-refractivity contribution is 0.166. The Morgan fingerprint density at radius 1 is 1.19 bits per heavy atom. The van der Waals surface area contributed by atoms with Crippen molar-refractivity contribution in [3.63, 3.8) is 0 Å². The molecule has 5 nitrogen and oxygen atoms in total. The van der Waals surface area contributed by atoms with Crippen LogP contribution in [0.15, 0.2) is 53.4 Å². The highest BCUT2D eigenvalue weighted by molar-refractivity contribution is 7.89. The lowest BCUT2D eigenvalue weighted by atomic mass is 10.1. The highest BCUT2D eigenvalue weighted by atomic mass is 32.2. The summed E-state index contributed by atoms with van der Waals surface area (Å²) in [5.74, 6) is 0.842. The zero-order chi connectivity index (χ0) is 18.7. The van der Waals surface area contributed by atoms with Crippen molar-refractivity contribution in [2.24, 2.45) is 5.92 Å². The molecule has 1 aliphatic rings. The number of hydrogen-bond acceptors (Lipinski definition) is 4. The van der Waals surface area contributed by atoms with Gasteiger partial charge in [0.05, 0.1) is 24.7 Å². The maximum absolute atomic E-state index is 13.5. The van der Waals surface area contributed by atoms with Crippen LogP contribution in [0, 0.1) is 12.8 Å². The van der Waals surface area contributed by atoms with E-state index in [1.54, 1.807) is 32.2 Å². The van der Waals surface area contributed by atoms with Crippen molar-refractivity contribution < 1.29 is 18.3 Å². The van der Waals surface area contributed by atoms with Crippen LogP contribution in [-0.2, 0) is 16.6 Å². The number of sulfonamides is 1. The molecule has 0 bridgehead atoms. The predicted octanol–water partition coefficient (Wildman–Crippen LogP) is 2.97. The Hall–Kier alpha value is -1.89. The van der Waals surface area contributed by atoms with E-state index in [1.165, 1.54) is 4.31 Å². The van der Waals surface area contributed by atoms with Gasteiger partial charge < -0.3 is 9.84 Å². The van der Waals surface area contributed by atoms with Gasteiger partial charge in [-0.2, -0.15) is 4.31 Å². The van der Waals surface area contributed by atoms with Crippen molar-refractivity contribution in [2.75, 3.05) is 13.7 Å². The molecule has 26 heavy (non-hydrogen) atoms. The fourth-order valence-electron chi connectivity index (χ4n) is 3.26. The number of nitrogens with zero attached hydrogens (tertiary/aromatic N) is 1. The van der Waals surface area contributed by atoms with Gasteiger partial charge in [0.15, 0.2) is 0 Å². The number of rotatable bonds is 8. The van der Waals surface area contributed by atoms with Crippen molar-refractivity contribution in [3.05, 3.63) is 59.7 Å². The van der Waals surface area contributed by atoms with Gasteiger partial charge in [0, 0.05) is 6.54 Å². The number of methoxy groups -OCH3 is 1. The van der Waals surface area contributed by atoms with Crippen LogP contribution in [0.4, 0.5) is 0 Å². The topological polar surface area (TPSA) is 66.8 Å². The fraction of sp³-hybridized carbons (Fsp3) is 0.400. The number of ether oxygens (including phenoxy) is 1. The van der Waals surface area contributed by atoms with Crippen LogP contribution in [-0.4, -0.2) is 37.6 Å². The Balaban J connectivity index is 2.01. The Bertz CT molecular complexity index is 847. The van der Waals surface area contributed by atoms with Gasteiger partial charge in [0.1, 0.15) is 5.75 Å². The van der Waals surface area contributed by atoms with E-state index in [1.807, 2.05) is 30.3 Å². The largest absolute Gasteiger partial charge is 0.497 e. The third-order valence-electron chi connectivity index (χ3n) is 4.87. The first-order valence-corrected chi connectivity index (χ1v) is 10.2. The standard InChI is InChI=1S/C20H25NO4S/c1-15-12-18(25-2)10-11-20(15)26(23,24)21(19(14-22)17-8-9-17)13-16-6-4-3-5-7-16/h3-7,10-12,17,19,22H,8-9,13-14H2,1-2H3. The molecule has 0 heterocycles. The highest BCUT2D eigenvalue weighted by Crippen LogP contribution is 2.38. The maximum atomic E-state index is 13.5. The van der Waals surface area contributed by atoms with E-state index in [0.717, 1.165) is 18.4 Å². The Morgan fingerprint density at radius 3 is 2.42 bits per heavy atom. The molecular formula is C20H25NO4S. The van der Waals surface area contributed by atoms with Gasteiger partial charge in [-0.1, -0.05) is 30.3 Å². The summed E-state index contributed by atoms with van der Waals surface area (Å²) in [6.45, 7) is 1.84. The second-order valence-electron chi connectivity index (χ2n) is 6.75. The molecule has 2 aromatic carbocycles. The lowest BCUT2D eigenvalue weighted by Gasteiger charge is -2.30. The minimum atomic E-state index is -3.75. The second kappa shape index (κ2) is 7.78. The van der Waals surface area contributed by atoms with Gasteiger partial charge >= 0.3 is 0 Å². The Labute approximate surface area is 155 Å². The zero-order valence-electron chi connectivity index (χ0n) is 15.1. The van der Waals surface area contributed by atoms with Crippen LogP contribution in [0.3, 0.4) is 0 Å². The maximum Gasteiger partial charge on any atom is 0.243 e. The summed E-state index contributed by atoms with van der Waals surface area (Å²) in [6.07, 6.45) is 1.90. The summed E-state index contributed by atoms with van der Waals surface area (Å²) in [4.78, 5) is 0.258. The minimum absolute atomic E-state index is 0.175. The number of aryl methyl sites for hydroxylation is 1. The summed E-state index contributed by atoms with van der Waals surface area (Å²) in [5, 5.41) is 9.92. The smallest absolute Gasteiger partial charge is 0.243 e. The van der Waals surface area contributed by atoms with E-state index in [4.69, 9.17) is 4.74 Å². The number of aliphatic hydroxyl groups excluding tert-OH is 1. The van der Waals surface area contributed by atoms with Crippen LogP contribution in [0.5, 0.6) is 5.75 Å². The van der Waals surface area contributed by atoms with Crippen LogP contribution < -0.4 is 4.74 Å². The molecule has 0 aromatic heterocycles. The first-order valence-electron chi connectivity index (χ1n) is 8.78. The molecule has 2 aromatic rings. The van der Waals surface area contributed by atoms with Crippen molar-refractivity contribution in [1.82, 2.24) is 4.31 Å². The number of benzene rings is 2. The SMILES string of the molecule is COc1ccc(S(=O)(=O)N(Cc2ccccc2)C(CO)C2CC2)c(C)c1. The Kier molecular flexibility index (Phi) is 5.65. The number of aliphatic hydroxyl groups is 1. The molecule has 1 atom stereocenters. The van der Waals surface area contributed by atoms with Gasteiger partial charge in [-0.15, -0.1) is 0 Å². The first-order chi connectivity index (χ1) is 12.5. The van der Waals surface area contributed by atoms with Gasteiger partial charge in [-0.05, 0) is 55.0 Å². The van der Waals surface area contributed by atoms with Crippen molar-refractivity contribution in [3.8, 4) is 5.75 Å². The lowest BCUT2D eigenvalue weighted by Crippen LogP contribution is -2.43. The van der Waals surface area contributed by atoms with E-state index < -0.39 is 16.1 Å². The zero-order valence-corrected chi connectivity index (χ0v) is 15.9. The molecule has 0 aliphatic heterocycles. The van der Waals surface area contributed by atoms with E-state index in [-0.39, 0.29) is 24.0 Å². The highest BCUT2D eigenvalue weighted by Gasteiger charge is 2.41. The molecular weight excluding hydrogens is 350 g/mol. The van der Waals surface area contributed by atoms with Crippen LogP contribution in [0.2, 0.25) is 0 Å². The molecule has 0 saturated heterocycles. The molecule has 0 spiro atoms. The molecule has 1 saturated carbocycles. The van der Waals surface area contributed by atoms with E-state index in [9.17, 15) is 13.5 Å². The normalized spacial score (nSPS) is 15.8. The first kappa shape index (κ1) is 18.9. The fourth-order valence-corrected chi connectivity index (χ4v) is 5.14. The van der Waals surface area contributed by atoms with Gasteiger partial charge in [-0.3, -0.25) is 0 Å². The molecule has 140 valence electrons. The Morgan fingerprint density at radius 2 is 1.88 bits per heavy atom. The monoisotopic (exact) mass is 375 g/mol. The van der Waals surface area contributed by atoms with Crippen molar-refractivity contribution in [1.29, 1.82) is 0 Å². The van der Waals surface area contributed by atoms with Gasteiger partial charge in [0.2, 0.25) is 10.0 Å². The average molecular weight is 375 g/mol. The minimum Gasteiger partial charge on any atom is -0.497 e. The summed E-state index contributed by atoms with van der Waals surface area (Å²) < 4.78 is 33.6. The third-order valence-corrected chi connectivity index (χ3v) is 6.90. The predicted molar refractivity (Wildman–Crippen MR) is 100 cm³/mol. The molecule has 0 radical (unpaired) electrons. The summed E-state index contributed by atoms with van der Waals surface area (Å²) in [7, 11) is -2.20. The van der Waals surface area contributed by atoms with E-state index >= 15 is 0 Å².